The largest absolute Gasteiger partial charge is 0.330 e. The molecule has 0 bridgehead atoms. The molecule has 0 aliphatic heterocycles. The van der Waals surface area contributed by atoms with Gasteiger partial charge in [-0.1, -0.05) is 25.5 Å². The van der Waals surface area contributed by atoms with Crippen LogP contribution in [0.5, 0.6) is 0 Å². The fraction of sp³-hybridized carbons (Fsp3) is 0.389. The number of rotatable bonds is 8. The highest BCUT2D eigenvalue weighted by Gasteiger charge is 2.17. The molecule has 1 aromatic heterocycles. The van der Waals surface area contributed by atoms with Crippen molar-refractivity contribution in [3.63, 3.8) is 0 Å². The van der Waals surface area contributed by atoms with Crippen molar-refractivity contribution in [1.29, 1.82) is 0 Å². The predicted molar refractivity (Wildman–Crippen MR) is 97.4 cm³/mol. The second-order valence-electron chi connectivity index (χ2n) is 5.51. The lowest BCUT2D eigenvalue weighted by atomic mass is 10.1. The standard InChI is InChI=1S/C18H23N3O2S/c1-3-5-6-14-7-9-15(10-8-14)17(23)21(4-2)13-16(22)20-18-19-11-12-24-18/h7-12H,3-6,13H2,1-2H3,(H,19,20,22). The van der Waals surface area contributed by atoms with Crippen molar-refractivity contribution in [2.45, 2.75) is 33.1 Å². The first-order chi connectivity index (χ1) is 11.6. The lowest BCUT2D eigenvalue weighted by molar-refractivity contribution is -0.116. The number of nitrogens with one attached hydrogen (secondary N) is 1. The van der Waals surface area contributed by atoms with Crippen LogP contribution >= 0.6 is 11.3 Å². The highest BCUT2D eigenvalue weighted by atomic mass is 32.1. The van der Waals surface area contributed by atoms with Crippen LogP contribution in [0.2, 0.25) is 0 Å². The first-order valence-electron chi connectivity index (χ1n) is 8.21. The molecule has 128 valence electrons. The van der Waals surface area contributed by atoms with E-state index < -0.39 is 0 Å². The van der Waals surface area contributed by atoms with Crippen molar-refractivity contribution in [1.82, 2.24) is 9.88 Å². The van der Waals surface area contributed by atoms with Crippen LogP contribution in [-0.2, 0) is 11.2 Å². The van der Waals surface area contributed by atoms with Gasteiger partial charge in [0.2, 0.25) is 5.91 Å². The lowest BCUT2D eigenvalue weighted by Gasteiger charge is -2.20. The predicted octanol–water partition coefficient (Wildman–Crippen LogP) is 3.59. The van der Waals surface area contributed by atoms with Gasteiger partial charge in [-0.25, -0.2) is 4.98 Å². The Morgan fingerprint density at radius 3 is 2.54 bits per heavy atom. The van der Waals surface area contributed by atoms with E-state index in [1.54, 1.807) is 11.6 Å². The summed E-state index contributed by atoms with van der Waals surface area (Å²) < 4.78 is 0. The van der Waals surface area contributed by atoms with Gasteiger partial charge in [0.1, 0.15) is 6.54 Å². The molecule has 2 rings (SSSR count). The molecule has 0 atom stereocenters. The van der Waals surface area contributed by atoms with E-state index in [2.05, 4.69) is 17.2 Å². The Labute approximate surface area is 146 Å². The monoisotopic (exact) mass is 345 g/mol. The maximum atomic E-state index is 12.6. The fourth-order valence-corrected chi connectivity index (χ4v) is 2.87. The highest BCUT2D eigenvalue weighted by Crippen LogP contribution is 2.12. The summed E-state index contributed by atoms with van der Waals surface area (Å²) in [5.74, 6) is -0.367. The van der Waals surface area contributed by atoms with Gasteiger partial charge >= 0.3 is 0 Å². The Morgan fingerprint density at radius 1 is 1.21 bits per heavy atom. The summed E-state index contributed by atoms with van der Waals surface area (Å²) in [5.41, 5.74) is 1.84. The molecule has 0 radical (unpaired) electrons. The molecular formula is C18H23N3O2S. The van der Waals surface area contributed by atoms with E-state index in [-0.39, 0.29) is 18.4 Å². The van der Waals surface area contributed by atoms with E-state index >= 15 is 0 Å². The number of thiazole rings is 1. The number of aromatic nitrogens is 1. The number of aryl methyl sites for hydroxylation is 1. The second-order valence-corrected chi connectivity index (χ2v) is 6.40. The summed E-state index contributed by atoms with van der Waals surface area (Å²) in [6.45, 7) is 4.52. The van der Waals surface area contributed by atoms with E-state index in [0.29, 0.717) is 17.2 Å². The van der Waals surface area contributed by atoms with Crippen LogP contribution in [0.15, 0.2) is 35.8 Å². The number of carbonyl (C=O) groups is 2. The third kappa shape index (κ3) is 5.16. The average Bonchev–Trinajstić information content (AvgIpc) is 3.10. The molecule has 0 unspecified atom stereocenters. The van der Waals surface area contributed by atoms with Crippen LogP contribution in [0, 0.1) is 0 Å². The number of benzene rings is 1. The van der Waals surface area contributed by atoms with E-state index in [9.17, 15) is 9.59 Å². The van der Waals surface area contributed by atoms with Gasteiger partial charge in [-0.3, -0.25) is 9.59 Å². The van der Waals surface area contributed by atoms with Gasteiger partial charge < -0.3 is 10.2 Å². The Hall–Kier alpha value is -2.21. The van der Waals surface area contributed by atoms with Crippen molar-refractivity contribution in [3.8, 4) is 0 Å². The number of unbranched alkanes of at least 4 members (excludes halogenated alkanes) is 1. The molecule has 0 saturated heterocycles. The average molecular weight is 345 g/mol. The molecule has 5 nitrogen and oxygen atoms in total. The molecule has 0 fully saturated rings. The van der Waals surface area contributed by atoms with Crippen LogP contribution in [0.4, 0.5) is 5.13 Å². The molecular weight excluding hydrogens is 322 g/mol. The van der Waals surface area contributed by atoms with E-state index in [4.69, 9.17) is 0 Å². The van der Waals surface area contributed by atoms with Crippen LogP contribution in [0.3, 0.4) is 0 Å². The number of nitrogens with zero attached hydrogens (tertiary/aromatic N) is 2. The van der Waals surface area contributed by atoms with Gasteiger partial charge in [0, 0.05) is 23.7 Å². The SMILES string of the molecule is CCCCc1ccc(C(=O)N(CC)CC(=O)Nc2nccs2)cc1. The number of hydrogen-bond acceptors (Lipinski definition) is 4. The minimum atomic E-state index is -0.236. The number of hydrogen-bond donors (Lipinski definition) is 1. The van der Waals surface area contributed by atoms with E-state index in [0.717, 1.165) is 19.3 Å². The van der Waals surface area contributed by atoms with Crippen LogP contribution < -0.4 is 5.32 Å². The molecule has 1 N–H and O–H groups in total. The van der Waals surface area contributed by atoms with Crippen molar-refractivity contribution in [3.05, 3.63) is 47.0 Å². The summed E-state index contributed by atoms with van der Waals surface area (Å²) in [5, 5.41) is 5.04. The molecule has 0 aliphatic rings. The Balaban J connectivity index is 1.96. The van der Waals surface area contributed by atoms with Gasteiger partial charge in [-0.2, -0.15) is 0 Å². The number of likely N-dealkylation sites (N-methyl/N-ethyl adjacent to an activating group) is 1. The fourth-order valence-electron chi connectivity index (χ4n) is 2.32. The van der Waals surface area contributed by atoms with Gasteiger partial charge in [-0.05, 0) is 37.5 Å². The topological polar surface area (TPSA) is 62.3 Å². The summed E-state index contributed by atoms with van der Waals surface area (Å²) in [7, 11) is 0. The first-order valence-corrected chi connectivity index (χ1v) is 9.09. The zero-order valence-corrected chi connectivity index (χ0v) is 14.9. The van der Waals surface area contributed by atoms with Crippen LogP contribution in [0.1, 0.15) is 42.6 Å². The third-order valence-electron chi connectivity index (χ3n) is 3.70. The lowest BCUT2D eigenvalue weighted by Crippen LogP contribution is -2.37. The maximum absolute atomic E-state index is 12.6. The number of amides is 2. The summed E-state index contributed by atoms with van der Waals surface area (Å²) in [6.07, 6.45) is 4.95. The molecule has 0 spiro atoms. The van der Waals surface area contributed by atoms with E-state index in [1.807, 2.05) is 31.2 Å². The van der Waals surface area contributed by atoms with Crippen LogP contribution in [-0.4, -0.2) is 34.8 Å². The number of carbonyl (C=O) groups excluding carboxylic acids is 2. The minimum absolute atomic E-state index is 0.0203. The van der Waals surface area contributed by atoms with E-state index in [1.165, 1.54) is 21.8 Å². The molecule has 2 aromatic rings. The molecule has 1 aromatic carbocycles. The van der Waals surface area contributed by atoms with Crippen molar-refractivity contribution in [2.75, 3.05) is 18.4 Å². The van der Waals surface area contributed by atoms with Crippen molar-refractivity contribution >= 4 is 28.3 Å². The molecule has 6 heteroatoms. The maximum Gasteiger partial charge on any atom is 0.254 e. The first kappa shape index (κ1) is 18.1. The summed E-state index contributed by atoms with van der Waals surface area (Å²) in [4.78, 5) is 30.2. The van der Waals surface area contributed by atoms with Gasteiger partial charge in [0.05, 0.1) is 0 Å². The zero-order chi connectivity index (χ0) is 17.4. The molecule has 0 aliphatic carbocycles. The minimum Gasteiger partial charge on any atom is -0.330 e. The summed E-state index contributed by atoms with van der Waals surface area (Å²) in [6, 6.07) is 7.67. The quantitative estimate of drug-likeness (QED) is 0.795. The van der Waals surface area contributed by atoms with Crippen molar-refractivity contribution in [2.24, 2.45) is 0 Å². The third-order valence-corrected chi connectivity index (χ3v) is 4.39. The van der Waals surface area contributed by atoms with Crippen LogP contribution in [0.25, 0.3) is 0 Å². The normalized spacial score (nSPS) is 10.4. The highest BCUT2D eigenvalue weighted by molar-refractivity contribution is 7.13. The smallest absolute Gasteiger partial charge is 0.254 e. The Morgan fingerprint density at radius 2 is 1.96 bits per heavy atom. The summed E-state index contributed by atoms with van der Waals surface area (Å²) >= 11 is 1.35. The second kappa shape index (κ2) is 9.17. The molecule has 24 heavy (non-hydrogen) atoms. The van der Waals surface area contributed by atoms with Gasteiger partial charge in [0.25, 0.3) is 5.91 Å². The molecule has 2 amide bonds. The Bertz CT molecular complexity index is 653. The number of anilines is 1. The molecule has 1 heterocycles. The zero-order valence-electron chi connectivity index (χ0n) is 14.1. The molecule has 0 saturated carbocycles. The Kier molecular flexibility index (Phi) is 6.93. The van der Waals surface area contributed by atoms with Crippen molar-refractivity contribution < 1.29 is 9.59 Å². The van der Waals surface area contributed by atoms with Gasteiger partial charge in [-0.15, -0.1) is 11.3 Å². The van der Waals surface area contributed by atoms with Gasteiger partial charge in [0.15, 0.2) is 5.13 Å².